The lowest BCUT2D eigenvalue weighted by Crippen LogP contribution is -2.46. The summed E-state index contributed by atoms with van der Waals surface area (Å²) in [6, 6.07) is 0. The van der Waals surface area contributed by atoms with Crippen molar-refractivity contribution >= 4 is 30.3 Å². The summed E-state index contributed by atoms with van der Waals surface area (Å²) in [6.07, 6.45) is 4.05. The van der Waals surface area contributed by atoms with Gasteiger partial charge in [-0.1, -0.05) is 11.8 Å². The molecular formula is C19H30BN3O5S. The monoisotopic (exact) mass is 423 g/mol. The second-order valence-electron chi connectivity index (χ2n) is 8.69. The standard InChI is InChI=1S/C19H30BN3O5S/c1-18(2)19(3,4)28-20(27-18)14-8-21-17(22-9-14)29-12-13-6-5-7-23(10-13)16(26)15(25)11-24/h8-9,13,15,24-25H,5-7,10-12H2,1-4H3/t13-,15-/m0/s1. The van der Waals surface area contributed by atoms with Crippen LogP contribution < -0.4 is 5.46 Å². The van der Waals surface area contributed by atoms with E-state index in [1.807, 2.05) is 27.7 Å². The van der Waals surface area contributed by atoms with E-state index in [0.717, 1.165) is 24.1 Å². The van der Waals surface area contributed by atoms with Crippen molar-refractivity contribution < 1.29 is 24.3 Å². The Morgan fingerprint density at radius 1 is 1.31 bits per heavy atom. The number of likely N-dealkylation sites (tertiary alicyclic amines) is 1. The maximum absolute atomic E-state index is 12.1. The Morgan fingerprint density at radius 3 is 2.52 bits per heavy atom. The fraction of sp³-hybridized carbons (Fsp3) is 0.737. The van der Waals surface area contributed by atoms with E-state index in [4.69, 9.17) is 14.4 Å². The third-order valence-corrected chi connectivity index (χ3v) is 7.02. The molecule has 0 saturated carbocycles. The molecule has 8 nitrogen and oxygen atoms in total. The van der Waals surface area contributed by atoms with Crippen molar-refractivity contribution in [3.05, 3.63) is 12.4 Å². The molecule has 2 atom stereocenters. The Balaban J connectivity index is 1.52. The van der Waals surface area contributed by atoms with Gasteiger partial charge in [-0.2, -0.15) is 0 Å². The van der Waals surface area contributed by atoms with E-state index >= 15 is 0 Å². The summed E-state index contributed by atoms with van der Waals surface area (Å²) >= 11 is 1.55. The number of hydrogen-bond acceptors (Lipinski definition) is 8. The van der Waals surface area contributed by atoms with Gasteiger partial charge in [0.05, 0.1) is 17.8 Å². The molecule has 2 aliphatic rings. The first kappa shape index (κ1) is 22.5. The predicted octanol–water partition coefficient (Wildman–Crippen LogP) is 0.460. The van der Waals surface area contributed by atoms with Crippen LogP contribution in [0.3, 0.4) is 0 Å². The van der Waals surface area contributed by atoms with Gasteiger partial charge >= 0.3 is 7.12 Å². The molecule has 29 heavy (non-hydrogen) atoms. The third kappa shape index (κ3) is 5.11. The molecule has 0 unspecified atom stereocenters. The molecule has 2 N–H and O–H groups in total. The number of carbonyl (C=O) groups is 1. The van der Waals surface area contributed by atoms with Crippen LogP contribution in [0.2, 0.25) is 0 Å². The molecule has 3 rings (SSSR count). The van der Waals surface area contributed by atoms with Crippen molar-refractivity contribution in [3.63, 3.8) is 0 Å². The molecule has 0 aliphatic carbocycles. The summed E-state index contributed by atoms with van der Waals surface area (Å²) in [4.78, 5) is 22.6. The van der Waals surface area contributed by atoms with Gasteiger partial charge in [0.1, 0.15) is 0 Å². The zero-order valence-corrected chi connectivity index (χ0v) is 18.3. The van der Waals surface area contributed by atoms with Crippen molar-refractivity contribution in [2.45, 2.75) is 63.0 Å². The lowest BCUT2D eigenvalue weighted by Gasteiger charge is -2.33. The van der Waals surface area contributed by atoms with Crippen LogP contribution in [0.15, 0.2) is 17.6 Å². The number of rotatable bonds is 6. The van der Waals surface area contributed by atoms with Gasteiger partial charge < -0.3 is 24.4 Å². The molecule has 0 bridgehead atoms. The number of nitrogens with zero attached hydrogens (tertiary/aromatic N) is 3. The number of aliphatic hydroxyl groups is 2. The first-order valence-electron chi connectivity index (χ1n) is 10.0. The van der Waals surface area contributed by atoms with Gasteiger partial charge in [-0.05, 0) is 46.5 Å². The number of carbonyl (C=O) groups excluding carboxylic acids is 1. The normalized spacial score (nSPS) is 24.6. The molecule has 3 heterocycles. The van der Waals surface area contributed by atoms with E-state index in [2.05, 4.69) is 9.97 Å². The predicted molar refractivity (Wildman–Crippen MR) is 111 cm³/mol. The molecule has 1 aromatic heterocycles. The van der Waals surface area contributed by atoms with E-state index in [0.29, 0.717) is 24.2 Å². The van der Waals surface area contributed by atoms with Crippen molar-refractivity contribution in [2.75, 3.05) is 25.4 Å². The first-order valence-corrected chi connectivity index (χ1v) is 11.0. The van der Waals surface area contributed by atoms with Crippen LogP contribution in [-0.2, 0) is 14.1 Å². The highest BCUT2D eigenvalue weighted by atomic mass is 32.2. The Bertz CT molecular complexity index is 702. The fourth-order valence-electron chi connectivity index (χ4n) is 3.38. The number of aromatic nitrogens is 2. The van der Waals surface area contributed by atoms with E-state index in [1.54, 1.807) is 29.1 Å². The molecule has 160 valence electrons. The SMILES string of the molecule is CC1(C)OB(c2cnc(SC[C@H]3CCCN(C(=O)[C@@H](O)CO)C3)nc2)OC1(C)C. The van der Waals surface area contributed by atoms with Crippen LogP contribution in [-0.4, -0.2) is 80.9 Å². The summed E-state index contributed by atoms with van der Waals surface area (Å²) in [6.45, 7) is 8.69. The quantitative estimate of drug-likeness (QED) is 0.386. The van der Waals surface area contributed by atoms with Crippen LogP contribution >= 0.6 is 11.8 Å². The van der Waals surface area contributed by atoms with Gasteiger partial charge in [-0.25, -0.2) is 9.97 Å². The zero-order chi connectivity index (χ0) is 21.2. The Morgan fingerprint density at radius 2 is 1.93 bits per heavy atom. The first-order chi connectivity index (χ1) is 13.6. The Hall–Kier alpha value is -1.20. The lowest BCUT2D eigenvalue weighted by atomic mass is 9.81. The highest BCUT2D eigenvalue weighted by Crippen LogP contribution is 2.36. The van der Waals surface area contributed by atoms with Gasteiger partial charge in [0.15, 0.2) is 11.3 Å². The molecule has 0 radical (unpaired) electrons. The van der Waals surface area contributed by atoms with Crippen LogP contribution in [0.25, 0.3) is 0 Å². The molecule has 10 heteroatoms. The molecule has 1 amide bonds. The van der Waals surface area contributed by atoms with Gasteiger partial charge in [0.2, 0.25) is 0 Å². The number of piperidine rings is 1. The summed E-state index contributed by atoms with van der Waals surface area (Å²) in [5, 5.41) is 19.2. The van der Waals surface area contributed by atoms with E-state index < -0.39 is 36.9 Å². The number of thioether (sulfide) groups is 1. The third-order valence-electron chi connectivity index (χ3n) is 5.91. The van der Waals surface area contributed by atoms with Crippen LogP contribution in [0, 0.1) is 5.92 Å². The van der Waals surface area contributed by atoms with Gasteiger partial charge in [0, 0.05) is 36.7 Å². The van der Waals surface area contributed by atoms with Crippen LogP contribution in [0.4, 0.5) is 0 Å². The second-order valence-corrected chi connectivity index (χ2v) is 9.68. The van der Waals surface area contributed by atoms with Gasteiger partial charge in [0.25, 0.3) is 5.91 Å². The van der Waals surface area contributed by atoms with Gasteiger partial charge in [-0.15, -0.1) is 0 Å². The summed E-state index contributed by atoms with van der Waals surface area (Å²) in [5.74, 6) is 0.689. The maximum atomic E-state index is 12.1. The van der Waals surface area contributed by atoms with Crippen molar-refractivity contribution in [1.29, 1.82) is 0 Å². The van der Waals surface area contributed by atoms with E-state index in [1.165, 1.54) is 0 Å². The van der Waals surface area contributed by atoms with Crippen molar-refractivity contribution in [1.82, 2.24) is 14.9 Å². The van der Waals surface area contributed by atoms with E-state index in [-0.39, 0.29) is 0 Å². The highest BCUT2D eigenvalue weighted by Gasteiger charge is 2.51. The molecule has 2 aliphatic heterocycles. The molecule has 2 fully saturated rings. The van der Waals surface area contributed by atoms with Crippen LogP contribution in [0.1, 0.15) is 40.5 Å². The highest BCUT2D eigenvalue weighted by molar-refractivity contribution is 7.99. The minimum atomic E-state index is -1.33. The van der Waals surface area contributed by atoms with Gasteiger partial charge in [-0.3, -0.25) is 4.79 Å². The van der Waals surface area contributed by atoms with Crippen LogP contribution in [0.5, 0.6) is 0 Å². The average Bonchev–Trinajstić information content (AvgIpc) is 2.93. The Kier molecular flexibility index (Phi) is 6.90. The minimum absolute atomic E-state index is 0.301. The molecule has 1 aromatic rings. The molecular weight excluding hydrogens is 393 g/mol. The minimum Gasteiger partial charge on any atom is -0.399 e. The average molecular weight is 423 g/mol. The van der Waals surface area contributed by atoms with E-state index in [9.17, 15) is 9.90 Å². The topological polar surface area (TPSA) is 105 Å². The lowest BCUT2D eigenvalue weighted by molar-refractivity contribution is -0.143. The molecule has 2 saturated heterocycles. The largest absolute Gasteiger partial charge is 0.498 e. The maximum Gasteiger partial charge on any atom is 0.498 e. The molecule has 0 spiro atoms. The summed E-state index contributed by atoms with van der Waals surface area (Å²) in [7, 11) is -0.477. The fourth-order valence-corrected chi connectivity index (χ4v) is 4.30. The second kappa shape index (κ2) is 8.89. The number of hydrogen-bond donors (Lipinski definition) is 2. The number of amides is 1. The Labute approximate surface area is 176 Å². The number of aliphatic hydroxyl groups excluding tert-OH is 2. The summed E-state index contributed by atoms with van der Waals surface area (Å²) < 4.78 is 12.0. The van der Waals surface area contributed by atoms with Crippen molar-refractivity contribution in [2.24, 2.45) is 5.92 Å². The zero-order valence-electron chi connectivity index (χ0n) is 17.5. The van der Waals surface area contributed by atoms with Crippen molar-refractivity contribution in [3.8, 4) is 0 Å². The molecule has 0 aromatic carbocycles. The summed E-state index contributed by atoms with van der Waals surface area (Å²) in [5.41, 5.74) is -0.0155. The smallest absolute Gasteiger partial charge is 0.399 e.